The Hall–Kier alpha value is -1.31. The van der Waals surface area contributed by atoms with E-state index in [4.69, 9.17) is 0 Å². The fraction of sp³-hybridized carbons (Fsp3) is 0.533. The Labute approximate surface area is 103 Å². The molecule has 1 aliphatic carbocycles. The van der Waals surface area contributed by atoms with Gasteiger partial charge < -0.3 is 5.11 Å². The van der Waals surface area contributed by atoms with Crippen molar-refractivity contribution in [3.8, 4) is 5.75 Å². The minimum absolute atomic E-state index is 0.0479. The van der Waals surface area contributed by atoms with Crippen LogP contribution >= 0.6 is 0 Å². The number of carbonyl (C=O) groups excluding carboxylic acids is 1. The van der Waals surface area contributed by atoms with Crippen LogP contribution in [-0.2, 0) is 5.41 Å². The summed E-state index contributed by atoms with van der Waals surface area (Å²) in [4.78, 5) is 12.0. The summed E-state index contributed by atoms with van der Waals surface area (Å²) in [6.45, 7) is 6.45. The van der Waals surface area contributed by atoms with E-state index in [9.17, 15) is 9.90 Å². The first kappa shape index (κ1) is 12.2. The van der Waals surface area contributed by atoms with E-state index in [2.05, 4.69) is 20.8 Å². The molecule has 0 saturated heterocycles. The third kappa shape index (κ3) is 2.36. The molecule has 1 aromatic carbocycles. The van der Waals surface area contributed by atoms with Gasteiger partial charge in [-0.2, -0.15) is 0 Å². The molecular formula is C15H20O2. The highest BCUT2D eigenvalue weighted by Gasteiger charge is 2.32. The van der Waals surface area contributed by atoms with Crippen molar-refractivity contribution in [2.45, 2.75) is 45.4 Å². The van der Waals surface area contributed by atoms with Crippen molar-refractivity contribution in [2.24, 2.45) is 5.92 Å². The summed E-state index contributed by atoms with van der Waals surface area (Å²) in [6.07, 6.45) is 2.95. The van der Waals surface area contributed by atoms with Gasteiger partial charge in [0.25, 0.3) is 0 Å². The van der Waals surface area contributed by atoms with Crippen molar-refractivity contribution in [3.05, 3.63) is 29.3 Å². The van der Waals surface area contributed by atoms with Crippen LogP contribution in [0.5, 0.6) is 5.75 Å². The summed E-state index contributed by atoms with van der Waals surface area (Å²) < 4.78 is 0. The molecule has 0 heterocycles. The van der Waals surface area contributed by atoms with Crippen LogP contribution in [0.4, 0.5) is 0 Å². The number of ketones is 1. The van der Waals surface area contributed by atoms with Gasteiger partial charge in [-0.3, -0.25) is 4.79 Å². The monoisotopic (exact) mass is 232 g/mol. The highest BCUT2D eigenvalue weighted by Crippen LogP contribution is 2.37. The summed E-state index contributed by atoms with van der Waals surface area (Å²) >= 11 is 0. The second kappa shape index (κ2) is 4.17. The summed E-state index contributed by atoms with van der Waals surface area (Å²) in [6, 6.07) is 5.45. The van der Waals surface area contributed by atoms with Crippen LogP contribution in [0.2, 0.25) is 0 Å². The van der Waals surface area contributed by atoms with E-state index in [1.165, 1.54) is 0 Å². The van der Waals surface area contributed by atoms with Crippen LogP contribution < -0.4 is 0 Å². The van der Waals surface area contributed by atoms with Gasteiger partial charge in [0, 0.05) is 5.92 Å². The molecule has 2 heteroatoms. The first-order valence-corrected chi connectivity index (χ1v) is 6.33. The molecule has 0 bridgehead atoms. The maximum atomic E-state index is 12.0. The number of carbonyl (C=O) groups is 1. The largest absolute Gasteiger partial charge is 0.507 e. The fourth-order valence-corrected chi connectivity index (χ4v) is 1.92. The lowest BCUT2D eigenvalue weighted by Gasteiger charge is -2.24. The number of phenols is 1. The molecular weight excluding hydrogens is 212 g/mol. The molecule has 17 heavy (non-hydrogen) atoms. The standard InChI is InChI=1S/C15H20O2/c1-4-15(2,3)11-7-8-13(16)12(9-11)14(17)10-5-6-10/h7-10,16H,4-6H2,1-3H3. The van der Waals surface area contributed by atoms with Gasteiger partial charge in [-0.1, -0.05) is 26.8 Å². The molecule has 1 N–H and O–H groups in total. The lowest BCUT2D eigenvalue weighted by Crippen LogP contribution is -2.16. The quantitative estimate of drug-likeness (QED) is 0.804. The highest BCUT2D eigenvalue weighted by molar-refractivity contribution is 6.01. The van der Waals surface area contributed by atoms with E-state index in [-0.39, 0.29) is 22.9 Å². The number of benzene rings is 1. The Morgan fingerprint density at radius 3 is 2.59 bits per heavy atom. The van der Waals surface area contributed by atoms with Gasteiger partial charge in [0.05, 0.1) is 5.56 Å². The van der Waals surface area contributed by atoms with E-state index >= 15 is 0 Å². The van der Waals surface area contributed by atoms with E-state index in [1.54, 1.807) is 6.07 Å². The van der Waals surface area contributed by atoms with Gasteiger partial charge in [-0.15, -0.1) is 0 Å². The molecule has 1 saturated carbocycles. The van der Waals surface area contributed by atoms with Crippen molar-refractivity contribution in [3.63, 3.8) is 0 Å². The molecule has 1 aromatic rings. The molecule has 0 radical (unpaired) electrons. The molecule has 0 atom stereocenters. The second-order valence-corrected chi connectivity index (χ2v) is 5.61. The van der Waals surface area contributed by atoms with Gasteiger partial charge in [-0.05, 0) is 42.4 Å². The van der Waals surface area contributed by atoms with Gasteiger partial charge in [-0.25, -0.2) is 0 Å². The number of hydrogen-bond donors (Lipinski definition) is 1. The first-order valence-electron chi connectivity index (χ1n) is 6.33. The third-order valence-corrected chi connectivity index (χ3v) is 3.88. The number of rotatable bonds is 4. The molecule has 1 aliphatic rings. The van der Waals surface area contributed by atoms with E-state index in [1.807, 2.05) is 12.1 Å². The zero-order valence-corrected chi connectivity index (χ0v) is 10.8. The lowest BCUT2D eigenvalue weighted by atomic mass is 9.81. The van der Waals surface area contributed by atoms with Gasteiger partial charge in [0.1, 0.15) is 5.75 Å². The van der Waals surface area contributed by atoms with E-state index in [0.29, 0.717) is 5.56 Å². The van der Waals surface area contributed by atoms with Crippen LogP contribution in [0.25, 0.3) is 0 Å². The minimum Gasteiger partial charge on any atom is -0.507 e. The zero-order chi connectivity index (χ0) is 12.6. The highest BCUT2D eigenvalue weighted by atomic mass is 16.3. The van der Waals surface area contributed by atoms with Gasteiger partial charge in [0.15, 0.2) is 5.78 Å². The van der Waals surface area contributed by atoms with Gasteiger partial charge >= 0.3 is 0 Å². The van der Waals surface area contributed by atoms with Crippen LogP contribution in [0, 0.1) is 5.92 Å². The second-order valence-electron chi connectivity index (χ2n) is 5.61. The molecule has 2 nitrogen and oxygen atoms in total. The normalized spacial score (nSPS) is 15.9. The molecule has 92 valence electrons. The predicted octanol–water partition coefficient (Wildman–Crippen LogP) is 3.67. The number of phenolic OH excluding ortho intramolecular Hbond substituents is 1. The average Bonchev–Trinajstić information content (AvgIpc) is 3.12. The van der Waals surface area contributed by atoms with E-state index < -0.39 is 0 Å². The zero-order valence-electron chi connectivity index (χ0n) is 10.8. The molecule has 0 unspecified atom stereocenters. The van der Waals surface area contributed by atoms with Crippen LogP contribution in [0.15, 0.2) is 18.2 Å². The number of aromatic hydroxyl groups is 1. The molecule has 2 rings (SSSR count). The van der Waals surface area contributed by atoms with Crippen molar-refractivity contribution in [1.29, 1.82) is 0 Å². The van der Waals surface area contributed by atoms with Crippen molar-refractivity contribution in [1.82, 2.24) is 0 Å². The Morgan fingerprint density at radius 2 is 2.06 bits per heavy atom. The van der Waals surface area contributed by atoms with Crippen molar-refractivity contribution < 1.29 is 9.90 Å². The SMILES string of the molecule is CCC(C)(C)c1ccc(O)c(C(=O)C2CC2)c1. The van der Waals surface area contributed by atoms with Crippen molar-refractivity contribution >= 4 is 5.78 Å². The Bertz CT molecular complexity index is 442. The fourth-order valence-electron chi connectivity index (χ4n) is 1.92. The smallest absolute Gasteiger partial charge is 0.169 e. The number of Topliss-reactive ketones (excluding diaryl/α,β-unsaturated/α-hetero) is 1. The maximum absolute atomic E-state index is 12.0. The van der Waals surface area contributed by atoms with Crippen LogP contribution in [0.3, 0.4) is 0 Å². The van der Waals surface area contributed by atoms with Crippen LogP contribution in [-0.4, -0.2) is 10.9 Å². The summed E-state index contributed by atoms with van der Waals surface area (Å²) in [7, 11) is 0. The molecule has 0 aromatic heterocycles. The first-order chi connectivity index (χ1) is 7.95. The van der Waals surface area contributed by atoms with Crippen LogP contribution in [0.1, 0.15) is 56.0 Å². The Balaban J connectivity index is 2.38. The Morgan fingerprint density at radius 1 is 1.41 bits per heavy atom. The van der Waals surface area contributed by atoms with Crippen molar-refractivity contribution in [2.75, 3.05) is 0 Å². The summed E-state index contributed by atoms with van der Waals surface area (Å²) in [5, 5.41) is 9.80. The predicted molar refractivity (Wildman–Crippen MR) is 68.5 cm³/mol. The molecule has 0 spiro atoms. The van der Waals surface area contributed by atoms with E-state index in [0.717, 1.165) is 24.8 Å². The minimum atomic E-state index is 0.0479. The molecule has 1 fully saturated rings. The average molecular weight is 232 g/mol. The maximum Gasteiger partial charge on any atom is 0.169 e. The lowest BCUT2D eigenvalue weighted by molar-refractivity contribution is 0.0965. The topological polar surface area (TPSA) is 37.3 Å². The number of hydrogen-bond acceptors (Lipinski definition) is 2. The third-order valence-electron chi connectivity index (χ3n) is 3.88. The summed E-state index contributed by atoms with van der Waals surface area (Å²) in [5.74, 6) is 0.384. The molecule has 0 aliphatic heterocycles. The molecule has 0 amide bonds. The summed E-state index contributed by atoms with van der Waals surface area (Å²) in [5.41, 5.74) is 1.68. The van der Waals surface area contributed by atoms with Gasteiger partial charge in [0.2, 0.25) is 0 Å². The Kier molecular flexibility index (Phi) is 2.98.